The lowest BCUT2D eigenvalue weighted by Crippen LogP contribution is -2.10. The molecule has 0 saturated carbocycles. The third kappa shape index (κ3) is 4.74. The van der Waals surface area contributed by atoms with Crippen molar-refractivity contribution >= 4 is 39.6 Å². The van der Waals surface area contributed by atoms with Crippen LogP contribution in [-0.4, -0.2) is 33.8 Å². The lowest BCUT2D eigenvalue weighted by molar-refractivity contribution is -0.384. The first-order valence-electron chi connectivity index (χ1n) is 6.50. The lowest BCUT2D eigenvalue weighted by atomic mass is 10.2. The monoisotopic (exact) mass is 394 g/mol. The highest BCUT2D eigenvalue weighted by molar-refractivity contribution is 9.10. The Kier molecular flexibility index (Phi) is 5.79. The molecule has 0 aliphatic rings. The second-order valence-corrected chi connectivity index (χ2v) is 5.28. The van der Waals surface area contributed by atoms with Crippen molar-refractivity contribution in [2.75, 3.05) is 12.0 Å². The van der Waals surface area contributed by atoms with Gasteiger partial charge in [0.05, 0.1) is 11.1 Å². The van der Waals surface area contributed by atoms with E-state index in [9.17, 15) is 14.9 Å². The van der Waals surface area contributed by atoms with Gasteiger partial charge in [-0.3, -0.25) is 15.5 Å². The molecule has 1 aromatic heterocycles. The zero-order valence-electron chi connectivity index (χ0n) is 12.0. The minimum absolute atomic E-state index is 0.0123. The zero-order chi connectivity index (χ0) is 17.5. The predicted octanol–water partition coefficient (Wildman–Crippen LogP) is 2.66. The van der Waals surface area contributed by atoms with Gasteiger partial charge < -0.3 is 9.84 Å². The van der Waals surface area contributed by atoms with Crippen molar-refractivity contribution in [2.24, 2.45) is 5.10 Å². The van der Waals surface area contributed by atoms with Crippen LogP contribution in [0.25, 0.3) is 0 Å². The molecule has 0 aliphatic carbocycles. The smallest absolute Gasteiger partial charge is 0.341 e. The van der Waals surface area contributed by atoms with Gasteiger partial charge in [0.25, 0.3) is 0 Å². The van der Waals surface area contributed by atoms with Crippen LogP contribution in [0.15, 0.2) is 46.1 Å². The van der Waals surface area contributed by atoms with Crippen LogP contribution >= 0.6 is 15.9 Å². The Labute approximate surface area is 144 Å². The first-order chi connectivity index (χ1) is 11.5. The van der Waals surface area contributed by atoms with Gasteiger partial charge in [0.15, 0.2) is 6.61 Å². The molecule has 0 fully saturated rings. The summed E-state index contributed by atoms with van der Waals surface area (Å²) in [6, 6.07) is 7.67. The van der Waals surface area contributed by atoms with E-state index in [0.717, 1.165) is 4.47 Å². The van der Waals surface area contributed by atoms with Crippen LogP contribution in [0.2, 0.25) is 0 Å². The van der Waals surface area contributed by atoms with Crippen LogP contribution < -0.4 is 10.2 Å². The zero-order valence-corrected chi connectivity index (χ0v) is 13.6. The molecule has 2 N–H and O–H groups in total. The topological polar surface area (TPSA) is 127 Å². The fourth-order valence-electron chi connectivity index (χ4n) is 1.68. The summed E-state index contributed by atoms with van der Waals surface area (Å²) in [5.41, 5.74) is 2.75. The maximum absolute atomic E-state index is 10.9. The maximum atomic E-state index is 10.9. The van der Waals surface area contributed by atoms with Crippen molar-refractivity contribution < 1.29 is 19.6 Å². The third-order valence-corrected chi connectivity index (χ3v) is 3.17. The van der Waals surface area contributed by atoms with Crippen molar-refractivity contribution in [3.63, 3.8) is 0 Å². The maximum Gasteiger partial charge on any atom is 0.341 e. The summed E-state index contributed by atoms with van der Waals surface area (Å²) in [6.07, 6.45) is 2.74. The number of halogens is 1. The van der Waals surface area contributed by atoms with Gasteiger partial charge in [-0.15, -0.1) is 0 Å². The molecular weight excluding hydrogens is 384 g/mol. The summed E-state index contributed by atoms with van der Waals surface area (Å²) in [5, 5.41) is 23.5. The van der Waals surface area contributed by atoms with Crippen molar-refractivity contribution in [3.05, 3.63) is 56.7 Å². The standard InChI is InChI=1S/C14H11BrN4O5/c15-10-3-4-12(24-8-13(20)21)9(6-10)7-17-18-14-11(19(22)23)2-1-5-16-14/h1-7H,8H2,(H,16,18)(H,20,21). The largest absolute Gasteiger partial charge is 0.481 e. The second-order valence-electron chi connectivity index (χ2n) is 4.36. The molecular formula is C14H11BrN4O5. The molecule has 0 bridgehead atoms. The number of benzene rings is 1. The number of carboxylic acid groups (broad SMARTS) is 1. The number of hydrogen-bond acceptors (Lipinski definition) is 7. The first kappa shape index (κ1) is 17.3. The number of rotatable bonds is 7. The highest BCUT2D eigenvalue weighted by Crippen LogP contribution is 2.23. The van der Waals surface area contributed by atoms with Crippen LogP contribution in [-0.2, 0) is 4.79 Å². The molecule has 9 nitrogen and oxygen atoms in total. The lowest BCUT2D eigenvalue weighted by Gasteiger charge is -2.07. The van der Waals surface area contributed by atoms with Gasteiger partial charge in [-0.05, 0) is 24.3 Å². The summed E-state index contributed by atoms with van der Waals surface area (Å²) in [4.78, 5) is 24.8. The molecule has 1 aromatic carbocycles. The highest BCUT2D eigenvalue weighted by Gasteiger charge is 2.13. The molecule has 10 heteroatoms. The van der Waals surface area contributed by atoms with Crippen molar-refractivity contribution in [2.45, 2.75) is 0 Å². The number of aromatic nitrogens is 1. The highest BCUT2D eigenvalue weighted by atomic mass is 79.9. The van der Waals surface area contributed by atoms with Gasteiger partial charge in [0.1, 0.15) is 5.75 Å². The fraction of sp³-hybridized carbons (Fsp3) is 0.0714. The Bertz CT molecular complexity index is 796. The van der Waals surface area contributed by atoms with E-state index in [-0.39, 0.29) is 11.5 Å². The van der Waals surface area contributed by atoms with Crippen LogP contribution in [0, 0.1) is 10.1 Å². The molecule has 0 aliphatic heterocycles. The second kappa shape index (κ2) is 8.02. The van der Waals surface area contributed by atoms with Crippen molar-refractivity contribution in [3.8, 4) is 5.75 Å². The van der Waals surface area contributed by atoms with Gasteiger partial charge in [0, 0.05) is 22.3 Å². The van der Waals surface area contributed by atoms with Crippen molar-refractivity contribution in [1.82, 2.24) is 4.98 Å². The fourth-order valence-corrected chi connectivity index (χ4v) is 2.06. The number of carboxylic acids is 1. The first-order valence-corrected chi connectivity index (χ1v) is 7.29. The van der Waals surface area contributed by atoms with E-state index in [1.54, 1.807) is 18.2 Å². The molecule has 0 amide bonds. The van der Waals surface area contributed by atoms with Crippen molar-refractivity contribution in [1.29, 1.82) is 0 Å². The number of nitro groups is 1. The molecule has 0 radical (unpaired) electrons. The van der Waals surface area contributed by atoms with Crippen LogP contribution in [0.1, 0.15) is 5.56 Å². The van der Waals surface area contributed by atoms with Crippen LogP contribution in [0.4, 0.5) is 11.5 Å². The number of ether oxygens (including phenoxy) is 1. The minimum Gasteiger partial charge on any atom is -0.481 e. The SMILES string of the molecule is O=C(O)COc1ccc(Br)cc1C=NNc1ncccc1[N+](=O)[O-]. The van der Waals surface area contributed by atoms with Gasteiger partial charge in [-0.25, -0.2) is 9.78 Å². The van der Waals surface area contributed by atoms with Crippen LogP contribution in [0.5, 0.6) is 5.75 Å². The Morgan fingerprint density at radius 2 is 2.29 bits per heavy atom. The number of anilines is 1. The normalized spacial score (nSPS) is 10.5. The molecule has 1 heterocycles. The van der Waals surface area contributed by atoms with E-state index >= 15 is 0 Å². The molecule has 24 heavy (non-hydrogen) atoms. The number of hydrogen-bond donors (Lipinski definition) is 2. The van der Waals surface area contributed by atoms with E-state index < -0.39 is 17.5 Å². The third-order valence-electron chi connectivity index (χ3n) is 2.68. The molecule has 2 aromatic rings. The number of aliphatic carboxylic acids is 1. The molecule has 0 saturated heterocycles. The van der Waals surface area contributed by atoms with E-state index in [1.807, 2.05) is 0 Å². The van der Waals surface area contributed by atoms with E-state index in [0.29, 0.717) is 11.3 Å². The predicted molar refractivity (Wildman–Crippen MR) is 89.4 cm³/mol. The number of pyridine rings is 1. The molecule has 2 rings (SSSR count). The van der Waals surface area contributed by atoms with Gasteiger partial charge in [-0.1, -0.05) is 15.9 Å². The van der Waals surface area contributed by atoms with E-state index in [4.69, 9.17) is 9.84 Å². The number of carbonyl (C=O) groups is 1. The summed E-state index contributed by atoms with van der Waals surface area (Å²) in [6.45, 7) is -0.498. The summed E-state index contributed by atoms with van der Waals surface area (Å²) < 4.78 is 5.89. The van der Waals surface area contributed by atoms with Gasteiger partial charge in [0.2, 0.25) is 5.82 Å². The van der Waals surface area contributed by atoms with E-state index in [2.05, 4.69) is 31.4 Å². The molecule has 0 unspecified atom stereocenters. The number of nitrogens with zero attached hydrogens (tertiary/aromatic N) is 3. The molecule has 0 spiro atoms. The van der Waals surface area contributed by atoms with Gasteiger partial charge in [-0.2, -0.15) is 5.10 Å². The summed E-state index contributed by atoms with van der Waals surface area (Å²) >= 11 is 3.29. The number of nitrogens with one attached hydrogen (secondary N) is 1. The average molecular weight is 395 g/mol. The average Bonchev–Trinajstić information content (AvgIpc) is 2.54. The molecule has 124 valence electrons. The quantitative estimate of drug-likeness (QED) is 0.419. The summed E-state index contributed by atoms with van der Waals surface area (Å²) in [5.74, 6) is -0.813. The van der Waals surface area contributed by atoms with Crippen LogP contribution in [0.3, 0.4) is 0 Å². The Morgan fingerprint density at radius 1 is 1.50 bits per heavy atom. The minimum atomic E-state index is -1.11. The Hall–Kier alpha value is -3.01. The number of hydrazone groups is 1. The Morgan fingerprint density at radius 3 is 3.00 bits per heavy atom. The summed E-state index contributed by atoms with van der Waals surface area (Å²) in [7, 11) is 0. The molecule has 0 atom stereocenters. The Balaban J connectivity index is 2.18. The van der Waals surface area contributed by atoms with Gasteiger partial charge >= 0.3 is 11.7 Å². The van der Waals surface area contributed by atoms with E-state index in [1.165, 1.54) is 24.5 Å².